The van der Waals surface area contributed by atoms with Gasteiger partial charge in [0.2, 0.25) is 0 Å². The van der Waals surface area contributed by atoms with Crippen LogP contribution in [0.4, 0.5) is 10.1 Å². The predicted octanol–water partition coefficient (Wildman–Crippen LogP) is 8.98. The van der Waals surface area contributed by atoms with Crippen molar-refractivity contribution in [3.8, 4) is 0 Å². The minimum absolute atomic E-state index is 0.0307. The van der Waals surface area contributed by atoms with E-state index in [-0.39, 0.29) is 77.2 Å². The van der Waals surface area contributed by atoms with Crippen LogP contribution in [-0.4, -0.2) is 155 Å². The van der Waals surface area contributed by atoms with Gasteiger partial charge < -0.3 is 54.5 Å². The van der Waals surface area contributed by atoms with Crippen molar-refractivity contribution >= 4 is 90.1 Å². The van der Waals surface area contributed by atoms with Crippen molar-refractivity contribution in [1.82, 2.24) is 10.6 Å². The molecule has 0 aromatic heterocycles. The van der Waals surface area contributed by atoms with Gasteiger partial charge in [-0.05, 0) is 106 Å². The molecule has 21 nitrogen and oxygen atoms in total. The van der Waals surface area contributed by atoms with Crippen LogP contribution in [0.25, 0.3) is 10.4 Å². The molecule has 2 saturated heterocycles. The van der Waals surface area contributed by atoms with Crippen LogP contribution in [0.15, 0.2) is 39.6 Å². The summed E-state index contributed by atoms with van der Waals surface area (Å²) in [5.74, 6) is -2.63. The Hall–Kier alpha value is -3.95. The molecule has 13 atom stereocenters. The summed E-state index contributed by atoms with van der Waals surface area (Å²) in [5, 5.41) is 46.3. The number of hydrogen-bond donors (Lipinski definition) is 5. The normalized spacial score (nSPS) is 23.2. The zero-order valence-electron chi connectivity index (χ0n) is 48.8. The van der Waals surface area contributed by atoms with Crippen LogP contribution in [0.1, 0.15) is 137 Å². The number of cyclic esters (lactones) is 2. The number of ketones is 1. The number of halogens is 1. The van der Waals surface area contributed by atoms with E-state index in [9.17, 15) is 48.5 Å². The number of azide groups is 1. The molecule has 460 valence electrons. The van der Waals surface area contributed by atoms with Crippen LogP contribution in [0.2, 0.25) is 0 Å². The van der Waals surface area contributed by atoms with Gasteiger partial charge in [-0.25, -0.2) is 14.0 Å². The molecule has 0 radical (unpaired) electrons. The van der Waals surface area contributed by atoms with Gasteiger partial charge in [0.1, 0.15) is 23.8 Å². The molecule has 2 amide bonds. The molecule has 82 heavy (non-hydrogen) atoms. The number of nitrogens with one attached hydrogen (secondary N) is 2. The largest absolute Gasteiger partial charge is 0.459 e. The van der Waals surface area contributed by atoms with Crippen LogP contribution in [0.5, 0.6) is 0 Å². The van der Waals surface area contributed by atoms with Crippen molar-refractivity contribution in [2.45, 2.75) is 175 Å². The van der Waals surface area contributed by atoms with Gasteiger partial charge in [0.05, 0.1) is 53.9 Å². The van der Waals surface area contributed by atoms with Crippen LogP contribution in [-0.2, 0) is 52.5 Å². The number of aliphatic hydroxyl groups is 3. The van der Waals surface area contributed by atoms with Crippen LogP contribution in [0, 0.1) is 41.3 Å². The Balaban J connectivity index is 1.11. The third-order valence-electron chi connectivity index (χ3n) is 15.3. The van der Waals surface area contributed by atoms with Crippen LogP contribution < -0.4 is 10.6 Å². The number of carbonyl (C=O) groups excluding carboxylic acids is 6. The van der Waals surface area contributed by atoms with Gasteiger partial charge in [-0.2, -0.15) is 0 Å². The van der Waals surface area contributed by atoms with Gasteiger partial charge in [0, 0.05) is 84.4 Å². The Kier molecular flexibility index (Phi) is 30.5. The van der Waals surface area contributed by atoms with Gasteiger partial charge in [-0.15, -0.1) is 0 Å². The number of esters is 3. The van der Waals surface area contributed by atoms with Gasteiger partial charge in [0.25, 0.3) is 11.8 Å². The molecule has 0 bridgehead atoms. The van der Waals surface area contributed by atoms with E-state index in [1.165, 1.54) is 26.2 Å². The van der Waals surface area contributed by atoms with Crippen molar-refractivity contribution in [3.63, 3.8) is 0 Å². The number of amides is 2. The number of carbonyl (C=O) groups is 6. The third-order valence-corrected chi connectivity index (χ3v) is 20.4. The lowest BCUT2D eigenvalue weighted by molar-refractivity contribution is -0.338. The highest BCUT2D eigenvalue weighted by molar-refractivity contribution is 8.78. The topological polar surface area (TPSA) is 304 Å². The zero-order valence-corrected chi connectivity index (χ0v) is 52.1. The van der Waals surface area contributed by atoms with Gasteiger partial charge in [0.15, 0.2) is 12.4 Å². The second-order valence-corrected chi connectivity index (χ2v) is 27.3. The number of benzene rings is 1. The number of ether oxygens (including phenoxy) is 5. The summed E-state index contributed by atoms with van der Waals surface area (Å²) in [7, 11) is 8.02. The fourth-order valence-corrected chi connectivity index (χ4v) is 14.5. The molecule has 0 aliphatic carbocycles. The number of hydrogen-bond acceptors (Lipinski definition) is 21. The van der Waals surface area contributed by atoms with Gasteiger partial charge >= 0.3 is 17.9 Å². The van der Waals surface area contributed by atoms with E-state index in [2.05, 4.69) is 58.2 Å². The summed E-state index contributed by atoms with van der Waals surface area (Å²) in [6.07, 6.45) is -1.59. The van der Waals surface area contributed by atoms with E-state index in [4.69, 9.17) is 29.3 Å². The maximum atomic E-state index is 13.7. The molecular formula is C56H85FN6O15S4. The summed E-state index contributed by atoms with van der Waals surface area (Å²) in [5.41, 5.74) is 8.90. The number of aliphatic hydroxyl groups excluding tert-OH is 3. The van der Waals surface area contributed by atoms with E-state index < -0.39 is 84.1 Å². The van der Waals surface area contributed by atoms with E-state index in [0.717, 1.165) is 67.6 Å². The van der Waals surface area contributed by atoms with Gasteiger partial charge in [-0.1, -0.05) is 102 Å². The molecule has 2 fully saturated rings. The molecule has 0 saturated carbocycles. The smallest absolute Gasteiger partial charge is 0.345 e. The van der Waals surface area contributed by atoms with E-state index >= 15 is 0 Å². The monoisotopic (exact) mass is 1230 g/mol. The molecule has 1 spiro atoms. The zero-order chi connectivity index (χ0) is 60.7. The Morgan fingerprint density at radius 1 is 0.866 bits per heavy atom. The number of rotatable bonds is 36. The lowest BCUT2D eigenvalue weighted by Gasteiger charge is -2.51. The quantitative estimate of drug-likeness (QED) is 0.00482. The lowest BCUT2D eigenvalue weighted by atomic mass is 9.79. The summed E-state index contributed by atoms with van der Waals surface area (Å²) in [6.45, 7) is 17.6. The first-order valence-electron chi connectivity index (χ1n) is 28.1. The van der Waals surface area contributed by atoms with Crippen molar-refractivity contribution in [2.24, 2.45) is 45.8 Å². The Morgan fingerprint density at radius 2 is 1.51 bits per heavy atom. The fraction of sp³-hybridized carbons (Fsp3) is 0.732. The number of Topliss-reactive ketones (excluding diaryl/α,β-unsaturated/α-hetero) is 1. The SMILES string of the molecule is CO[C@@H]([C@H](O)CC(=O)[C@@H](C)[C@@H](O)CC[C@@H](C)[C@@H]1O[C@]2(CC[C@@H](C)[C@H](CC[C@H](C)/C(C)=N/OCC(=O)NCCSSCCSSCCNC(=O)c3ccc(F)c(N=[N+]=[N-])c3)O2)CC[C@@H]1C)[C@H](OC(=O)C[C@@H](O)C1=C(C)C(=O)OC1=O)C(C)C. The molecule has 3 aliphatic heterocycles. The summed E-state index contributed by atoms with van der Waals surface area (Å²) in [6, 6.07) is 3.64. The molecule has 1 aromatic rings. The molecule has 1 aromatic carbocycles. The first kappa shape index (κ1) is 70.5. The Labute approximate surface area is 497 Å². The number of methoxy groups -OCH3 is 1. The van der Waals surface area contributed by atoms with Crippen LogP contribution in [0.3, 0.4) is 0 Å². The summed E-state index contributed by atoms with van der Waals surface area (Å²) in [4.78, 5) is 83.0. The van der Waals surface area contributed by atoms with Crippen molar-refractivity contribution in [3.05, 3.63) is 51.2 Å². The fourth-order valence-electron chi connectivity index (χ4n) is 9.98. The first-order valence-corrected chi connectivity index (χ1v) is 33.1. The van der Waals surface area contributed by atoms with Crippen molar-refractivity contribution in [1.29, 1.82) is 0 Å². The summed E-state index contributed by atoms with van der Waals surface area (Å²) < 4.78 is 43.2. The van der Waals surface area contributed by atoms with E-state index in [0.29, 0.717) is 37.6 Å². The van der Waals surface area contributed by atoms with E-state index in [1.54, 1.807) is 63.9 Å². The second-order valence-electron chi connectivity index (χ2n) is 21.9. The molecular weight excluding hydrogens is 1140 g/mol. The van der Waals surface area contributed by atoms with Crippen LogP contribution >= 0.6 is 43.2 Å². The average molecular weight is 1230 g/mol. The summed E-state index contributed by atoms with van der Waals surface area (Å²) >= 11 is 0. The molecule has 3 heterocycles. The minimum atomic E-state index is -1.66. The molecule has 3 aliphatic rings. The molecule has 0 unspecified atom stereocenters. The molecule has 4 rings (SSSR count). The second kappa shape index (κ2) is 35.5. The molecule has 5 N–H and O–H groups in total. The maximum Gasteiger partial charge on any atom is 0.345 e. The standard InChI is InChI=1S/C56H85FN6O15S4/c1-31(2)50(75-48(69)29-44(66)49-37(8)54(71)76-55(49)72)52(73-10)45(67)28-43(65)36(7)42(64)15-11-34(5)51-35(6)18-20-56(78-51)19-17-33(4)46(77-56)16-12-32(3)38(9)62-74-30-47(68)59-21-23-79-81-25-26-82-80-24-22-60-53(70)39-13-14-40(57)41(27-39)61-63-58/h13-14,27,31-36,42,44-46,50-52,64,66-67H,11-12,15-26,28-30H2,1-10H3,(H,59,68)(H,60,70)/b62-38+/t32-,33+,34+,35-,36-,42-,44+,45+,46-,50+,51-,52-,56+/m0/s1. The van der Waals surface area contributed by atoms with E-state index in [1.807, 2.05) is 6.92 Å². The number of nitrogens with zero attached hydrogens (tertiary/aromatic N) is 4. The van der Waals surface area contributed by atoms with Crippen molar-refractivity contribution < 1.29 is 77.0 Å². The highest BCUT2D eigenvalue weighted by Crippen LogP contribution is 2.46. The molecule has 26 heteroatoms. The highest BCUT2D eigenvalue weighted by atomic mass is 33.1. The maximum absolute atomic E-state index is 13.7. The predicted molar refractivity (Wildman–Crippen MR) is 316 cm³/mol. The average Bonchev–Trinajstić information content (AvgIpc) is 3.83. The Morgan fingerprint density at radius 3 is 2.13 bits per heavy atom. The Bertz CT molecular complexity index is 2420. The third kappa shape index (κ3) is 22.2. The van der Waals surface area contributed by atoms with Gasteiger partial charge in [-0.3, -0.25) is 19.2 Å². The van der Waals surface area contributed by atoms with Crippen molar-refractivity contribution in [2.75, 3.05) is 49.8 Å². The first-order chi connectivity index (χ1) is 38.9. The number of oxime groups is 1. The minimum Gasteiger partial charge on any atom is -0.459 e. The lowest BCUT2D eigenvalue weighted by Crippen LogP contribution is -2.53. The highest BCUT2D eigenvalue weighted by Gasteiger charge is 2.48.